The van der Waals surface area contributed by atoms with Gasteiger partial charge in [0.05, 0.1) is 31.3 Å². The summed E-state index contributed by atoms with van der Waals surface area (Å²) >= 11 is 0. The van der Waals surface area contributed by atoms with Crippen LogP contribution in [-0.2, 0) is 35.1 Å². The molecule has 5 aliphatic heterocycles. The van der Waals surface area contributed by atoms with Gasteiger partial charge in [-0.15, -0.1) is 0 Å². The number of halogens is 1. The molecule has 13 heteroatoms. The Morgan fingerprint density at radius 3 is 2.49 bits per heavy atom. The van der Waals surface area contributed by atoms with Gasteiger partial charge in [-0.2, -0.15) is 0 Å². The Morgan fingerprint density at radius 1 is 0.977 bits per heavy atom. The summed E-state index contributed by atoms with van der Waals surface area (Å²) in [6.07, 6.45) is -3.45. The molecule has 0 radical (unpaired) electrons. The first kappa shape index (κ1) is 30.4. The van der Waals surface area contributed by atoms with E-state index >= 15 is 0 Å². The molecule has 1 aromatic carbocycles. The minimum absolute atomic E-state index is 0.0248. The van der Waals surface area contributed by atoms with Crippen LogP contribution >= 0.6 is 0 Å². The number of fused-ring (bicyclic) bond motifs is 6. The molecule has 0 aromatic heterocycles. The highest BCUT2D eigenvalue weighted by molar-refractivity contribution is 5.83. The van der Waals surface area contributed by atoms with Crippen molar-refractivity contribution < 1.29 is 43.2 Å². The zero-order valence-electron chi connectivity index (χ0n) is 24.2. The number of nitrogens with zero attached hydrogens (tertiary/aromatic N) is 3. The molecule has 0 saturated carbocycles. The van der Waals surface area contributed by atoms with E-state index in [1.54, 1.807) is 21.9 Å². The van der Waals surface area contributed by atoms with Gasteiger partial charge in [0.2, 0.25) is 17.7 Å². The summed E-state index contributed by atoms with van der Waals surface area (Å²) in [6, 6.07) is 5.32. The first-order valence-electron chi connectivity index (χ1n) is 15.3. The SMILES string of the molecule is O=C1C[C@@H]2O[C@H](CN(C(=O)C3CCOCC3)C[C@@H]3CN(CCO3)C(=O)[C@@H]3C[C@@H](CN3Cc3ccc(F)cc3)N1)[C@@H](O)[C@H]2O. The van der Waals surface area contributed by atoms with Gasteiger partial charge < -0.3 is 39.5 Å². The van der Waals surface area contributed by atoms with Crippen LogP contribution in [0.5, 0.6) is 0 Å². The van der Waals surface area contributed by atoms with E-state index in [1.807, 2.05) is 4.90 Å². The maximum Gasteiger partial charge on any atom is 0.240 e. The number of carbonyl (C=O) groups excluding carboxylic acids is 3. The fourth-order valence-corrected chi connectivity index (χ4v) is 7.04. The van der Waals surface area contributed by atoms with Crippen LogP contribution < -0.4 is 5.32 Å². The van der Waals surface area contributed by atoms with Crippen LogP contribution in [0.4, 0.5) is 4.39 Å². The summed E-state index contributed by atoms with van der Waals surface area (Å²) in [5.74, 6) is -1.12. The van der Waals surface area contributed by atoms with Gasteiger partial charge in [-0.1, -0.05) is 12.1 Å². The number of hydrogen-bond acceptors (Lipinski definition) is 9. The third-order valence-electron chi connectivity index (χ3n) is 9.36. The quantitative estimate of drug-likeness (QED) is 0.407. The van der Waals surface area contributed by atoms with Crippen LogP contribution in [0, 0.1) is 11.7 Å². The third kappa shape index (κ3) is 6.86. The molecule has 6 rings (SSSR count). The lowest BCUT2D eigenvalue weighted by atomic mass is 9.97. The van der Waals surface area contributed by atoms with E-state index in [4.69, 9.17) is 14.2 Å². The molecule has 5 saturated heterocycles. The summed E-state index contributed by atoms with van der Waals surface area (Å²) < 4.78 is 31.1. The number of nitrogens with one attached hydrogen (secondary N) is 1. The molecule has 0 unspecified atom stereocenters. The second-order valence-electron chi connectivity index (χ2n) is 12.4. The summed E-state index contributed by atoms with van der Waals surface area (Å²) in [6.45, 7) is 3.01. The molecule has 3 N–H and O–H groups in total. The number of aliphatic hydroxyl groups is 2. The Hall–Kier alpha value is -2.68. The summed E-state index contributed by atoms with van der Waals surface area (Å²) in [7, 11) is 0. The van der Waals surface area contributed by atoms with Gasteiger partial charge in [0.25, 0.3) is 0 Å². The van der Waals surface area contributed by atoms with E-state index in [1.165, 1.54) is 12.1 Å². The predicted octanol–water partition coefficient (Wildman–Crippen LogP) is -0.740. The fourth-order valence-electron chi connectivity index (χ4n) is 7.04. The number of carbonyl (C=O) groups is 3. The Bertz CT molecular complexity index is 1170. The Labute approximate surface area is 250 Å². The first-order valence-corrected chi connectivity index (χ1v) is 15.3. The number of rotatable bonds is 3. The number of hydrogen-bond donors (Lipinski definition) is 3. The molecule has 5 fully saturated rings. The molecule has 3 amide bonds. The lowest BCUT2D eigenvalue weighted by Crippen LogP contribution is -2.56. The smallest absolute Gasteiger partial charge is 0.240 e. The molecule has 236 valence electrons. The standard InChI is InChI=1S/C30H41FN4O8/c31-20-3-1-18(2-4-20)13-34-14-21-11-23(34)30(40)33-7-10-42-22(15-33)16-35(29(39)19-5-8-41-9-6-19)17-25-28(38)27(37)24(43-25)12-26(36)32-21/h1-4,19,21-25,27-28,37-38H,5-17H2,(H,32,36)/t21-,22-,23-,24-,25+,27-,28+/m0/s1. The van der Waals surface area contributed by atoms with Crippen LogP contribution in [0.3, 0.4) is 0 Å². The van der Waals surface area contributed by atoms with Crippen molar-refractivity contribution in [2.24, 2.45) is 5.92 Å². The monoisotopic (exact) mass is 604 g/mol. The molecule has 6 bridgehead atoms. The number of aliphatic hydroxyl groups excluding tert-OH is 2. The predicted molar refractivity (Wildman–Crippen MR) is 149 cm³/mol. The van der Waals surface area contributed by atoms with E-state index in [9.17, 15) is 29.0 Å². The highest BCUT2D eigenvalue weighted by atomic mass is 19.1. The van der Waals surface area contributed by atoms with Crippen molar-refractivity contribution in [3.05, 3.63) is 35.6 Å². The molecule has 5 aliphatic rings. The maximum atomic E-state index is 14.0. The average molecular weight is 605 g/mol. The normalized spacial score (nSPS) is 34.8. The van der Waals surface area contributed by atoms with Gasteiger partial charge in [0.1, 0.15) is 24.1 Å². The van der Waals surface area contributed by atoms with Gasteiger partial charge in [-0.25, -0.2) is 4.39 Å². The highest BCUT2D eigenvalue weighted by Gasteiger charge is 2.47. The van der Waals surface area contributed by atoms with Crippen molar-refractivity contribution >= 4 is 17.7 Å². The second-order valence-corrected chi connectivity index (χ2v) is 12.4. The molecule has 12 nitrogen and oxygen atoms in total. The van der Waals surface area contributed by atoms with Gasteiger partial charge in [0.15, 0.2) is 0 Å². The van der Waals surface area contributed by atoms with Crippen molar-refractivity contribution in [3.63, 3.8) is 0 Å². The van der Waals surface area contributed by atoms with E-state index in [2.05, 4.69) is 5.32 Å². The van der Waals surface area contributed by atoms with Crippen LogP contribution in [0.25, 0.3) is 0 Å². The van der Waals surface area contributed by atoms with Crippen LogP contribution in [0.1, 0.15) is 31.2 Å². The number of ether oxygens (including phenoxy) is 3. The highest BCUT2D eigenvalue weighted by Crippen LogP contribution is 2.29. The summed E-state index contributed by atoms with van der Waals surface area (Å²) in [5.41, 5.74) is 0.849. The van der Waals surface area contributed by atoms with Crippen molar-refractivity contribution in [3.8, 4) is 0 Å². The van der Waals surface area contributed by atoms with Gasteiger partial charge >= 0.3 is 0 Å². The van der Waals surface area contributed by atoms with Crippen LogP contribution in [0.2, 0.25) is 0 Å². The van der Waals surface area contributed by atoms with Gasteiger partial charge in [-0.05, 0) is 37.0 Å². The first-order chi connectivity index (χ1) is 20.7. The van der Waals surface area contributed by atoms with Crippen molar-refractivity contribution in [1.29, 1.82) is 0 Å². The number of morpholine rings is 1. The van der Waals surface area contributed by atoms with E-state index < -0.39 is 36.6 Å². The molecular formula is C30H41FN4O8. The van der Waals surface area contributed by atoms with Crippen molar-refractivity contribution in [2.45, 2.75) is 74.8 Å². The molecule has 7 atom stereocenters. The minimum Gasteiger partial charge on any atom is -0.388 e. The Morgan fingerprint density at radius 2 is 1.72 bits per heavy atom. The molecule has 5 heterocycles. The van der Waals surface area contributed by atoms with Gasteiger partial charge in [0, 0.05) is 64.4 Å². The third-order valence-corrected chi connectivity index (χ3v) is 9.36. The fraction of sp³-hybridized carbons (Fsp3) is 0.700. The summed E-state index contributed by atoms with van der Waals surface area (Å²) in [4.78, 5) is 46.2. The van der Waals surface area contributed by atoms with Crippen LogP contribution in [0.15, 0.2) is 24.3 Å². The van der Waals surface area contributed by atoms with Crippen LogP contribution in [-0.4, -0.2) is 138 Å². The van der Waals surface area contributed by atoms with Crippen molar-refractivity contribution in [2.75, 3.05) is 52.5 Å². The molecular weight excluding hydrogens is 563 g/mol. The molecule has 0 aliphatic carbocycles. The second kappa shape index (κ2) is 13.1. The number of likely N-dealkylation sites (tertiary alicyclic amines) is 1. The van der Waals surface area contributed by atoms with Crippen molar-refractivity contribution in [1.82, 2.24) is 20.0 Å². The molecule has 1 aromatic rings. The number of benzene rings is 1. The van der Waals surface area contributed by atoms with E-state index in [0.29, 0.717) is 58.7 Å². The Balaban J connectivity index is 1.26. The van der Waals surface area contributed by atoms with Gasteiger partial charge in [-0.3, -0.25) is 19.3 Å². The molecule has 43 heavy (non-hydrogen) atoms. The summed E-state index contributed by atoms with van der Waals surface area (Å²) in [5, 5.41) is 24.6. The lowest BCUT2D eigenvalue weighted by molar-refractivity contribution is -0.150. The zero-order chi connectivity index (χ0) is 30.1. The Kier molecular flexibility index (Phi) is 9.27. The number of amides is 3. The van der Waals surface area contributed by atoms with E-state index in [-0.39, 0.29) is 61.6 Å². The zero-order valence-corrected chi connectivity index (χ0v) is 24.2. The maximum absolute atomic E-state index is 14.0. The average Bonchev–Trinajstić information content (AvgIpc) is 3.52. The largest absolute Gasteiger partial charge is 0.388 e. The topological polar surface area (TPSA) is 141 Å². The lowest BCUT2D eigenvalue weighted by Gasteiger charge is -2.39. The molecule has 0 spiro atoms. The minimum atomic E-state index is -1.29. The van der Waals surface area contributed by atoms with E-state index in [0.717, 1.165) is 5.56 Å².